The molecular formula is C11H24N2O. The van der Waals surface area contributed by atoms with Crippen molar-refractivity contribution in [1.82, 2.24) is 10.2 Å². The van der Waals surface area contributed by atoms with Crippen LogP contribution in [0.2, 0.25) is 0 Å². The van der Waals surface area contributed by atoms with Gasteiger partial charge in [0.2, 0.25) is 0 Å². The molecule has 0 aromatic carbocycles. The fraction of sp³-hybridized carbons (Fsp3) is 1.00. The van der Waals surface area contributed by atoms with E-state index in [1.54, 1.807) is 0 Å². The molecule has 0 spiro atoms. The third-order valence-corrected chi connectivity index (χ3v) is 3.12. The maximum absolute atomic E-state index is 5.52. The van der Waals surface area contributed by atoms with Gasteiger partial charge in [0.1, 0.15) is 0 Å². The number of hydrogen-bond acceptors (Lipinski definition) is 3. The minimum Gasteiger partial charge on any atom is -0.378 e. The molecule has 0 amide bonds. The van der Waals surface area contributed by atoms with Gasteiger partial charge in [0.05, 0.1) is 13.2 Å². The Morgan fingerprint density at radius 2 is 2.14 bits per heavy atom. The van der Waals surface area contributed by atoms with Crippen LogP contribution in [-0.4, -0.2) is 50.3 Å². The van der Waals surface area contributed by atoms with Crippen molar-refractivity contribution >= 4 is 0 Å². The molecule has 0 radical (unpaired) electrons. The molecule has 1 aliphatic rings. The second kappa shape index (κ2) is 6.38. The minimum absolute atomic E-state index is 0.568. The average Bonchev–Trinajstić information content (AvgIpc) is 2.23. The molecule has 3 heteroatoms. The van der Waals surface area contributed by atoms with Crippen LogP contribution in [0.5, 0.6) is 0 Å². The van der Waals surface area contributed by atoms with E-state index in [0.29, 0.717) is 6.04 Å². The van der Waals surface area contributed by atoms with Crippen LogP contribution in [0.15, 0.2) is 0 Å². The van der Waals surface area contributed by atoms with E-state index >= 15 is 0 Å². The maximum atomic E-state index is 5.52. The maximum Gasteiger partial charge on any atom is 0.0634 e. The van der Waals surface area contributed by atoms with Crippen molar-refractivity contribution in [2.75, 3.05) is 33.4 Å². The fourth-order valence-corrected chi connectivity index (χ4v) is 2.32. The van der Waals surface area contributed by atoms with Gasteiger partial charge in [-0.2, -0.15) is 0 Å². The van der Waals surface area contributed by atoms with E-state index in [2.05, 4.69) is 24.1 Å². The lowest BCUT2D eigenvalue weighted by atomic mass is 10.1. The zero-order valence-electron chi connectivity index (χ0n) is 9.75. The topological polar surface area (TPSA) is 24.5 Å². The SMILES string of the molecule is CCC(CC)N1CCOCC1CNC. The zero-order valence-corrected chi connectivity index (χ0v) is 9.75. The van der Waals surface area contributed by atoms with Crippen LogP contribution in [-0.2, 0) is 4.74 Å². The van der Waals surface area contributed by atoms with Crippen LogP contribution in [0, 0.1) is 0 Å². The highest BCUT2D eigenvalue weighted by molar-refractivity contribution is 4.81. The molecule has 1 fully saturated rings. The number of nitrogens with zero attached hydrogens (tertiary/aromatic N) is 1. The van der Waals surface area contributed by atoms with Gasteiger partial charge < -0.3 is 10.1 Å². The van der Waals surface area contributed by atoms with Gasteiger partial charge >= 0.3 is 0 Å². The van der Waals surface area contributed by atoms with Crippen LogP contribution in [0.1, 0.15) is 26.7 Å². The van der Waals surface area contributed by atoms with Crippen molar-refractivity contribution in [2.45, 2.75) is 38.8 Å². The smallest absolute Gasteiger partial charge is 0.0634 e. The lowest BCUT2D eigenvalue weighted by Gasteiger charge is -2.40. The monoisotopic (exact) mass is 200 g/mol. The molecule has 1 aliphatic heterocycles. The Labute approximate surface area is 87.8 Å². The first-order valence-corrected chi connectivity index (χ1v) is 5.81. The molecule has 84 valence electrons. The van der Waals surface area contributed by atoms with Crippen molar-refractivity contribution in [3.8, 4) is 0 Å². The van der Waals surface area contributed by atoms with Crippen molar-refractivity contribution < 1.29 is 4.74 Å². The zero-order chi connectivity index (χ0) is 10.4. The van der Waals surface area contributed by atoms with E-state index in [-0.39, 0.29) is 0 Å². The summed E-state index contributed by atoms with van der Waals surface area (Å²) >= 11 is 0. The van der Waals surface area contributed by atoms with Gasteiger partial charge in [-0.05, 0) is 19.9 Å². The Balaban J connectivity index is 2.51. The molecule has 1 rings (SSSR count). The van der Waals surface area contributed by atoms with E-state index < -0.39 is 0 Å². The van der Waals surface area contributed by atoms with E-state index in [1.807, 2.05) is 7.05 Å². The van der Waals surface area contributed by atoms with E-state index in [0.717, 1.165) is 32.3 Å². The van der Waals surface area contributed by atoms with E-state index in [9.17, 15) is 0 Å². The van der Waals surface area contributed by atoms with Gasteiger partial charge in [-0.25, -0.2) is 0 Å². The van der Waals surface area contributed by atoms with Gasteiger partial charge in [-0.15, -0.1) is 0 Å². The predicted octanol–water partition coefficient (Wildman–Crippen LogP) is 1.10. The van der Waals surface area contributed by atoms with Crippen molar-refractivity contribution in [1.29, 1.82) is 0 Å². The molecular weight excluding hydrogens is 176 g/mol. The number of hydrogen-bond donors (Lipinski definition) is 1. The molecule has 14 heavy (non-hydrogen) atoms. The van der Waals surface area contributed by atoms with Crippen LogP contribution in [0.25, 0.3) is 0 Å². The molecule has 0 saturated carbocycles. The molecule has 1 N–H and O–H groups in total. The summed E-state index contributed by atoms with van der Waals surface area (Å²) in [6.45, 7) is 8.48. The van der Waals surface area contributed by atoms with Crippen LogP contribution in [0.4, 0.5) is 0 Å². The number of rotatable bonds is 5. The fourth-order valence-electron chi connectivity index (χ4n) is 2.32. The molecule has 1 atom stereocenters. The molecule has 1 saturated heterocycles. The van der Waals surface area contributed by atoms with Gasteiger partial charge in [-0.1, -0.05) is 13.8 Å². The summed E-state index contributed by atoms with van der Waals surface area (Å²) in [5.74, 6) is 0. The second-order valence-electron chi connectivity index (χ2n) is 3.99. The summed E-state index contributed by atoms with van der Waals surface area (Å²) in [5, 5.41) is 3.25. The summed E-state index contributed by atoms with van der Waals surface area (Å²) in [5.41, 5.74) is 0. The lowest BCUT2D eigenvalue weighted by molar-refractivity contribution is -0.0290. The average molecular weight is 200 g/mol. The summed E-state index contributed by atoms with van der Waals surface area (Å²) in [6, 6.07) is 1.30. The summed E-state index contributed by atoms with van der Waals surface area (Å²) in [6.07, 6.45) is 2.49. The highest BCUT2D eigenvalue weighted by atomic mass is 16.5. The predicted molar refractivity (Wildman–Crippen MR) is 59.6 cm³/mol. The molecule has 0 aliphatic carbocycles. The molecule has 0 bridgehead atoms. The van der Waals surface area contributed by atoms with E-state index in [1.165, 1.54) is 12.8 Å². The van der Waals surface area contributed by atoms with Crippen molar-refractivity contribution in [3.05, 3.63) is 0 Å². The number of likely N-dealkylation sites (N-methyl/N-ethyl adjacent to an activating group) is 1. The largest absolute Gasteiger partial charge is 0.378 e. The van der Waals surface area contributed by atoms with E-state index in [4.69, 9.17) is 4.74 Å². The Bertz CT molecular complexity index is 146. The molecule has 3 nitrogen and oxygen atoms in total. The Hall–Kier alpha value is -0.120. The molecule has 1 heterocycles. The number of ether oxygens (including phenoxy) is 1. The normalized spacial score (nSPS) is 24.4. The number of nitrogens with one attached hydrogen (secondary N) is 1. The Morgan fingerprint density at radius 3 is 2.71 bits per heavy atom. The minimum atomic E-state index is 0.568. The van der Waals surface area contributed by atoms with Gasteiger partial charge in [-0.3, -0.25) is 4.90 Å². The first kappa shape index (κ1) is 12.0. The van der Waals surface area contributed by atoms with Crippen molar-refractivity contribution in [3.63, 3.8) is 0 Å². The highest BCUT2D eigenvalue weighted by Crippen LogP contribution is 2.15. The lowest BCUT2D eigenvalue weighted by Crippen LogP contribution is -2.53. The summed E-state index contributed by atoms with van der Waals surface area (Å²) < 4.78 is 5.52. The van der Waals surface area contributed by atoms with Crippen LogP contribution in [0.3, 0.4) is 0 Å². The van der Waals surface area contributed by atoms with Crippen LogP contribution >= 0.6 is 0 Å². The number of morpholine rings is 1. The first-order chi connectivity index (χ1) is 6.83. The molecule has 0 aromatic rings. The summed E-state index contributed by atoms with van der Waals surface area (Å²) in [4.78, 5) is 2.61. The Kier molecular flexibility index (Phi) is 5.45. The van der Waals surface area contributed by atoms with Gasteiger partial charge in [0.25, 0.3) is 0 Å². The second-order valence-corrected chi connectivity index (χ2v) is 3.99. The quantitative estimate of drug-likeness (QED) is 0.719. The van der Waals surface area contributed by atoms with Crippen molar-refractivity contribution in [2.24, 2.45) is 0 Å². The molecule has 1 unspecified atom stereocenters. The summed E-state index contributed by atoms with van der Waals surface area (Å²) in [7, 11) is 2.01. The standard InChI is InChI=1S/C11H24N2O/c1-4-10(5-2)13-6-7-14-9-11(13)8-12-3/h10-12H,4-9H2,1-3H3. The molecule has 0 aromatic heterocycles. The van der Waals surface area contributed by atoms with Gasteiger partial charge in [0, 0.05) is 25.2 Å². The van der Waals surface area contributed by atoms with Gasteiger partial charge in [0.15, 0.2) is 0 Å². The Morgan fingerprint density at radius 1 is 1.43 bits per heavy atom. The van der Waals surface area contributed by atoms with Crippen LogP contribution < -0.4 is 5.32 Å². The first-order valence-electron chi connectivity index (χ1n) is 5.81. The highest BCUT2D eigenvalue weighted by Gasteiger charge is 2.26. The third kappa shape index (κ3) is 2.94. The third-order valence-electron chi connectivity index (χ3n) is 3.12.